The first-order valence-electron chi connectivity index (χ1n) is 6.10. The first-order chi connectivity index (χ1) is 9.90. The van der Waals surface area contributed by atoms with Crippen LogP contribution in [-0.4, -0.2) is 5.91 Å². The number of halogens is 4. The Labute approximate surface area is 128 Å². The van der Waals surface area contributed by atoms with Crippen molar-refractivity contribution in [2.24, 2.45) is 0 Å². The van der Waals surface area contributed by atoms with Crippen molar-refractivity contribution in [2.75, 3.05) is 0 Å². The molecule has 6 heteroatoms. The molecule has 2 aromatic carbocycles. The Morgan fingerprint density at radius 2 is 1.67 bits per heavy atom. The number of hydrogen-bond acceptors (Lipinski definition) is 1. The Morgan fingerprint density at radius 3 is 2.29 bits per heavy atom. The normalized spacial score (nSPS) is 12.0. The maximum Gasteiger partial charge on any atom is 0.254 e. The molecule has 0 aliphatic rings. The van der Waals surface area contributed by atoms with E-state index in [4.69, 9.17) is 0 Å². The number of amides is 1. The second-order valence-electron chi connectivity index (χ2n) is 4.47. The van der Waals surface area contributed by atoms with Crippen molar-refractivity contribution < 1.29 is 18.0 Å². The van der Waals surface area contributed by atoms with E-state index >= 15 is 0 Å². The maximum atomic E-state index is 13.5. The minimum Gasteiger partial charge on any atom is -0.345 e. The highest BCUT2D eigenvalue weighted by atomic mass is 79.9. The highest BCUT2D eigenvalue weighted by molar-refractivity contribution is 9.10. The topological polar surface area (TPSA) is 29.1 Å². The number of carbonyl (C=O) groups excluding carboxylic acids is 1. The van der Waals surface area contributed by atoms with Gasteiger partial charge in [-0.15, -0.1) is 0 Å². The maximum absolute atomic E-state index is 13.5. The fourth-order valence-electron chi connectivity index (χ4n) is 1.81. The molecule has 1 unspecified atom stereocenters. The third kappa shape index (κ3) is 3.44. The van der Waals surface area contributed by atoms with Crippen LogP contribution in [0, 0.1) is 17.5 Å². The molecule has 0 aliphatic carbocycles. The van der Waals surface area contributed by atoms with Crippen LogP contribution >= 0.6 is 15.9 Å². The predicted octanol–water partition coefficient (Wildman–Crippen LogP) is 4.36. The summed E-state index contributed by atoms with van der Waals surface area (Å²) < 4.78 is 40.4. The summed E-state index contributed by atoms with van der Waals surface area (Å²) >= 11 is 3.29. The van der Waals surface area contributed by atoms with Crippen LogP contribution in [0.3, 0.4) is 0 Å². The monoisotopic (exact) mass is 357 g/mol. The molecule has 1 atom stereocenters. The highest BCUT2D eigenvalue weighted by Gasteiger charge is 2.20. The second kappa shape index (κ2) is 6.30. The fourth-order valence-corrected chi connectivity index (χ4v) is 2.07. The summed E-state index contributed by atoms with van der Waals surface area (Å²) in [6.07, 6.45) is 0. The summed E-state index contributed by atoms with van der Waals surface area (Å²) in [6.45, 7) is 1.71. The Hall–Kier alpha value is -1.82. The minimum absolute atomic E-state index is 0.405. The van der Waals surface area contributed by atoms with Gasteiger partial charge in [-0.1, -0.05) is 28.1 Å². The van der Waals surface area contributed by atoms with Crippen LogP contribution in [-0.2, 0) is 0 Å². The van der Waals surface area contributed by atoms with Gasteiger partial charge in [0.15, 0.2) is 17.5 Å². The quantitative estimate of drug-likeness (QED) is 0.812. The van der Waals surface area contributed by atoms with Gasteiger partial charge in [0.2, 0.25) is 0 Å². The summed E-state index contributed by atoms with van der Waals surface area (Å²) in [6, 6.07) is 8.41. The predicted molar refractivity (Wildman–Crippen MR) is 76.3 cm³/mol. The van der Waals surface area contributed by atoms with Gasteiger partial charge in [-0.25, -0.2) is 13.2 Å². The lowest BCUT2D eigenvalue weighted by Gasteiger charge is -2.15. The van der Waals surface area contributed by atoms with E-state index in [-0.39, 0.29) is 0 Å². The molecule has 21 heavy (non-hydrogen) atoms. The minimum atomic E-state index is -1.65. The van der Waals surface area contributed by atoms with Crippen LogP contribution in [0.1, 0.15) is 28.9 Å². The van der Waals surface area contributed by atoms with Gasteiger partial charge >= 0.3 is 0 Å². The Balaban J connectivity index is 2.18. The molecule has 110 valence electrons. The van der Waals surface area contributed by atoms with Crippen molar-refractivity contribution >= 4 is 21.8 Å². The molecule has 0 fully saturated rings. The van der Waals surface area contributed by atoms with Crippen molar-refractivity contribution in [1.29, 1.82) is 0 Å². The van der Waals surface area contributed by atoms with Gasteiger partial charge in [-0.2, -0.15) is 0 Å². The third-order valence-corrected chi connectivity index (χ3v) is 3.53. The molecule has 0 saturated heterocycles. The number of benzene rings is 2. The van der Waals surface area contributed by atoms with E-state index in [1.807, 2.05) is 0 Å². The summed E-state index contributed by atoms with van der Waals surface area (Å²) in [5.74, 6) is -5.28. The fraction of sp³-hybridized carbons (Fsp3) is 0.133. The van der Waals surface area contributed by atoms with Gasteiger partial charge in [0.1, 0.15) is 0 Å². The number of nitrogens with one attached hydrogen (secondary N) is 1. The molecule has 0 radical (unpaired) electrons. The standard InChI is InChI=1S/C15H11BrF3NO/c1-8(9-2-4-10(16)5-3-9)20-15(21)11-6-7-12(17)14(19)13(11)18/h2-8H,1H3,(H,20,21). The van der Waals surface area contributed by atoms with Gasteiger partial charge in [-0.3, -0.25) is 4.79 Å². The Bertz CT molecular complexity index is 673. The number of carbonyl (C=O) groups is 1. The van der Waals surface area contributed by atoms with Crippen molar-refractivity contribution in [2.45, 2.75) is 13.0 Å². The average molecular weight is 358 g/mol. The van der Waals surface area contributed by atoms with Crippen molar-refractivity contribution in [3.63, 3.8) is 0 Å². The summed E-state index contributed by atoms with van der Waals surface area (Å²) in [5.41, 5.74) is 0.271. The molecule has 2 aromatic rings. The zero-order valence-corrected chi connectivity index (χ0v) is 12.5. The molecule has 0 aromatic heterocycles. The molecule has 0 heterocycles. The van der Waals surface area contributed by atoms with Crippen molar-refractivity contribution in [3.8, 4) is 0 Å². The molecule has 0 bridgehead atoms. The zero-order chi connectivity index (χ0) is 15.6. The molecule has 2 rings (SSSR count). The van der Waals surface area contributed by atoms with E-state index in [9.17, 15) is 18.0 Å². The second-order valence-corrected chi connectivity index (χ2v) is 5.39. The lowest BCUT2D eigenvalue weighted by Crippen LogP contribution is -2.27. The summed E-state index contributed by atoms with van der Waals surface area (Å²) in [5, 5.41) is 2.54. The molecule has 1 amide bonds. The number of hydrogen-bond donors (Lipinski definition) is 1. The molecule has 0 saturated carbocycles. The van der Waals surface area contributed by atoms with Crippen molar-refractivity contribution in [3.05, 3.63) is 69.4 Å². The summed E-state index contributed by atoms with van der Waals surface area (Å²) in [4.78, 5) is 11.9. The SMILES string of the molecule is CC(NC(=O)c1ccc(F)c(F)c1F)c1ccc(Br)cc1. The van der Waals surface area contributed by atoms with E-state index in [1.54, 1.807) is 31.2 Å². The summed E-state index contributed by atoms with van der Waals surface area (Å²) in [7, 11) is 0. The molecule has 2 nitrogen and oxygen atoms in total. The van der Waals surface area contributed by atoms with Gasteiger partial charge in [0, 0.05) is 4.47 Å². The van der Waals surface area contributed by atoms with E-state index in [2.05, 4.69) is 21.2 Å². The zero-order valence-electron chi connectivity index (χ0n) is 11.0. The molecule has 0 aliphatic heterocycles. The van der Waals surface area contributed by atoms with Crippen LogP contribution in [0.25, 0.3) is 0 Å². The van der Waals surface area contributed by atoms with E-state index < -0.39 is 35.0 Å². The highest BCUT2D eigenvalue weighted by Crippen LogP contribution is 2.19. The molecular formula is C15H11BrF3NO. The number of rotatable bonds is 3. The van der Waals surface area contributed by atoms with Gasteiger partial charge in [-0.05, 0) is 36.8 Å². The Morgan fingerprint density at radius 1 is 1.05 bits per heavy atom. The smallest absolute Gasteiger partial charge is 0.254 e. The van der Waals surface area contributed by atoms with Crippen LogP contribution < -0.4 is 5.32 Å². The van der Waals surface area contributed by atoms with Crippen LogP contribution in [0.5, 0.6) is 0 Å². The first-order valence-corrected chi connectivity index (χ1v) is 6.89. The molecule has 0 spiro atoms. The van der Waals surface area contributed by atoms with Crippen molar-refractivity contribution in [1.82, 2.24) is 5.32 Å². The molecular weight excluding hydrogens is 347 g/mol. The lowest BCUT2D eigenvalue weighted by molar-refractivity contribution is 0.0934. The third-order valence-electron chi connectivity index (χ3n) is 3.00. The lowest BCUT2D eigenvalue weighted by atomic mass is 10.1. The Kier molecular flexibility index (Phi) is 4.67. The van der Waals surface area contributed by atoms with Gasteiger partial charge < -0.3 is 5.32 Å². The average Bonchev–Trinajstić information content (AvgIpc) is 2.45. The van der Waals surface area contributed by atoms with E-state index in [0.29, 0.717) is 0 Å². The van der Waals surface area contributed by atoms with Crippen LogP contribution in [0.4, 0.5) is 13.2 Å². The van der Waals surface area contributed by atoms with Gasteiger partial charge in [0.05, 0.1) is 11.6 Å². The van der Waals surface area contributed by atoms with Crippen LogP contribution in [0.15, 0.2) is 40.9 Å². The van der Waals surface area contributed by atoms with E-state index in [1.165, 1.54) is 0 Å². The van der Waals surface area contributed by atoms with E-state index in [0.717, 1.165) is 22.2 Å². The first kappa shape index (κ1) is 15.6. The van der Waals surface area contributed by atoms with Crippen LogP contribution in [0.2, 0.25) is 0 Å². The van der Waals surface area contributed by atoms with Gasteiger partial charge in [0.25, 0.3) is 5.91 Å². The molecule has 1 N–H and O–H groups in total. The largest absolute Gasteiger partial charge is 0.345 e.